The van der Waals surface area contributed by atoms with E-state index in [4.69, 9.17) is 4.74 Å². The summed E-state index contributed by atoms with van der Waals surface area (Å²) in [6.07, 6.45) is 1.46. The number of aromatic nitrogens is 1. The summed E-state index contributed by atoms with van der Waals surface area (Å²) in [7, 11) is 0. The fourth-order valence-corrected chi connectivity index (χ4v) is 2.80. The van der Waals surface area contributed by atoms with E-state index in [1.54, 1.807) is 45.0 Å². The van der Waals surface area contributed by atoms with Gasteiger partial charge in [0.2, 0.25) is 11.7 Å². The molecule has 1 heterocycles. The number of nitrogens with one attached hydrogen (secondary N) is 2. The van der Waals surface area contributed by atoms with Gasteiger partial charge in [0, 0.05) is 18.3 Å². The Hall–Kier alpha value is -3.66. The molecule has 144 valence electrons. The first kappa shape index (κ1) is 20.6. The zero-order valence-electron chi connectivity index (χ0n) is 16.2. The molecule has 0 saturated heterocycles. The van der Waals surface area contributed by atoms with Gasteiger partial charge in [-0.1, -0.05) is 12.1 Å². The van der Waals surface area contributed by atoms with Gasteiger partial charge < -0.3 is 15.0 Å². The molecule has 0 saturated carbocycles. The molecule has 0 spiro atoms. The van der Waals surface area contributed by atoms with Crippen LogP contribution in [0.2, 0.25) is 0 Å². The van der Waals surface area contributed by atoms with Crippen LogP contribution in [0.3, 0.4) is 0 Å². The van der Waals surface area contributed by atoms with Crippen molar-refractivity contribution >= 4 is 29.4 Å². The topological polar surface area (TPSA) is 112 Å². The molecule has 7 nitrogen and oxygen atoms in total. The highest BCUT2D eigenvalue weighted by Crippen LogP contribution is 2.22. The molecule has 0 unspecified atom stereocenters. The highest BCUT2D eigenvalue weighted by atomic mass is 16.5. The molecule has 1 aromatic heterocycles. The number of aryl methyl sites for hydroxylation is 1. The van der Waals surface area contributed by atoms with Crippen LogP contribution >= 0.6 is 0 Å². The first-order chi connectivity index (χ1) is 13.3. The van der Waals surface area contributed by atoms with Gasteiger partial charge in [0.15, 0.2) is 0 Å². The van der Waals surface area contributed by atoms with Crippen molar-refractivity contribution in [3.8, 4) is 6.07 Å². The van der Waals surface area contributed by atoms with Crippen LogP contribution in [0.5, 0.6) is 0 Å². The van der Waals surface area contributed by atoms with Gasteiger partial charge in [0.1, 0.15) is 11.6 Å². The van der Waals surface area contributed by atoms with Crippen molar-refractivity contribution in [2.45, 2.75) is 27.7 Å². The molecule has 28 heavy (non-hydrogen) atoms. The summed E-state index contributed by atoms with van der Waals surface area (Å²) >= 11 is 0. The van der Waals surface area contributed by atoms with Crippen LogP contribution in [-0.2, 0) is 9.53 Å². The predicted octanol–water partition coefficient (Wildman–Crippen LogP) is 3.56. The van der Waals surface area contributed by atoms with Crippen molar-refractivity contribution in [1.82, 2.24) is 4.98 Å². The Morgan fingerprint density at radius 1 is 1.21 bits per heavy atom. The molecule has 0 aliphatic rings. The molecule has 0 fully saturated rings. The first-order valence-electron chi connectivity index (χ1n) is 8.68. The number of ketones is 1. The Morgan fingerprint density at radius 2 is 1.86 bits per heavy atom. The zero-order valence-corrected chi connectivity index (χ0v) is 16.2. The van der Waals surface area contributed by atoms with Crippen LogP contribution in [0.25, 0.3) is 6.08 Å². The van der Waals surface area contributed by atoms with E-state index in [1.807, 2.05) is 6.07 Å². The quantitative estimate of drug-likeness (QED) is 0.345. The van der Waals surface area contributed by atoms with Gasteiger partial charge in [-0.2, -0.15) is 5.26 Å². The number of esters is 1. The average molecular weight is 379 g/mol. The Bertz CT molecular complexity index is 992. The lowest BCUT2D eigenvalue weighted by Gasteiger charge is -2.03. The van der Waals surface area contributed by atoms with Crippen molar-refractivity contribution < 1.29 is 19.1 Å². The summed E-state index contributed by atoms with van der Waals surface area (Å²) in [5, 5.41) is 12.1. The molecule has 2 aromatic rings. The SMILES string of the molecule is CCOC(=O)c1c(C)[nH]c(C(=O)/C(C#N)=C/c2ccc(NC(C)=O)cc2)c1C. The second-order valence-corrected chi connectivity index (χ2v) is 6.15. The third-order valence-electron chi connectivity index (χ3n) is 4.05. The van der Waals surface area contributed by atoms with Crippen molar-refractivity contribution in [1.29, 1.82) is 5.26 Å². The van der Waals surface area contributed by atoms with Crippen LogP contribution in [0.15, 0.2) is 29.8 Å². The average Bonchev–Trinajstić information content (AvgIpc) is 2.94. The van der Waals surface area contributed by atoms with E-state index < -0.39 is 11.8 Å². The second-order valence-electron chi connectivity index (χ2n) is 6.15. The van der Waals surface area contributed by atoms with E-state index in [1.165, 1.54) is 13.0 Å². The third-order valence-corrected chi connectivity index (χ3v) is 4.05. The Balaban J connectivity index is 2.35. The number of hydrogen-bond acceptors (Lipinski definition) is 5. The maximum absolute atomic E-state index is 12.8. The molecule has 7 heteroatoms. The normalized spacial score (nSPS) is 10.9. The molecule has 0 aliphatic carbocycles. The molecule has 0 radical (unpaired) electrons. The zero-order chi connectivity index (χ0) is 20.8. The number of benzene rings is 1. The first-order valence-corrected chi connectivity index (χ1v) is 8.68. The van der Waals surface area contributed by atoms with Crippen molar-refractivity contribution in [2.24, 2.45) is 0 Å². The molecule has 0 atom stereocenters. The number of allylic oxidation sites excluding steroid dienone is 1. The third kappa shape index (κ3) is 4.54. The number of nitriles is 1. The fourth-order valence-electron chi connectivity index (χ4n) is 2.80. The largest absolute Gasteiger partial charge is 0.462 e. The number of carbonyl (C=O) groups is 3. The van der Waals surface area contributed by atoms with Gasteiger partial charge in [-0.05, 0) is 50.1 Å². The molecular weight excluding hydrogens is 358 g/mol. The maximum atomic E-state index is 12.8. The number of Topliss-reactive ketones (excluding diaryl/α,β-unsaturated/α-hetero) is 1. The molecule has 1 aromatic carbocycles. The maximum Gasteiger partial charge on any atom is 0.340 e. The summed E-state index contributed by atoms with van der Waals surface area (Å²) < 4.78 is 5.02. The summed E-state index contributed by atoms with van der Waals surface area (Å²) in [5.41, 5.74) is 2.62. The van der Waals surface area contributed by atoms with Gasteiger partial charge in [-0.25, -0.2) is 4.79 Å². The highest BCUT2D eigenvalue weighted by Gasteiger charge is 2.24. The summed E-state index contributed by atoms with van der Waals surface area (Å²) in [6.45, 7) is 6.65. The van der Waals surface area contributed by atoms with Gasteiger partial charge in [-0.15, -0.1) is 0 Å². The number of rotatable bonds is 6. The predicted molar refractivity (Wildman–Crippen MR) is 105 cm³/mol. The number of aromatic amines is 1. The molecule has 2 rings (SSSR count). The monoisotopic (exact) mass is 379 g/mol. The number of ether oxygens (including phenoxy) is 1. The molecule has 0 aliphatic heterocycles. The van der Waals surface area contributed by atoms with Crippen LogP contribution in [0.4, 0.5) is 5.69 Å². The van der Waals surface area contributed by atoms with E-state index in [0.29, 0.717) is 28.1 Å². The minimum atomic E-state index is -0.510. The molecule has 2 N–H and O–H groups in total. The fraction of sp³-hybridized carbons (Fsp3) is 0.238. The van der Waals surface area contributed by atoms with Crippen molar-refractivity contribution in [3.05, 3.63) is 57.9 Å². The number of carbonyl (C=O) groups excluding carboxylic acids is 3. The Labute approximate surface area is 163 Å². The van der Waals surface area contributed by atoms with E-state index in [2.05, 4.69) is 10.3 Å². The van der Waals surface area contributed by atoms with E-state index in [-0.39, 0.29) is 23.8 Å². The smallest absolute Gasteiger partial charge is 0.340 e. The summed E-state index contributed by atoms with van der Waals surface area (Å²) in [5.74, 6) is -1.21. The number of nitrogens with zero attached hydrogens (tertiary/aromatic N) is 1. The van der Waals surface area contributed by atoms with Gasteiger partial charge in [0.05, 0.1) is 17.9 Å². The van der Waals surface area contributed by atoms with E-state index in [9.17, 15) is 19.6 Å². The second kappa shape index (κ2) is 8.82. The number of anilines is 1. The van der Waals surface area contributed by atoms with Crippen molar-refractivity contribution in [2.75, 3.05) is 11.9 Å². The Morgan fingerprint density at radius 3 is 2.39 bits per heavy atom. The van der Waals surface area contributed by atoms with E-state index >= 15 is 0 Å². The highest BCUT2D eigenvalue weighted by molar-refractivity contribution is 6.15. The summed E-state index contributed by atoms with van der Waals surface area (Å²) in [4.78, 5) is 38.9. The van der Waals surface area contributed by atoms with Gasteiger partial charge in [0.25, 0.3) is 0 Å². The summed E-state index contributed by atoms with van der Waals surface area (Å²) in [6, 6.07) is 8.64. The molecular formula is C21H21N3O4. The lowest BCUT2D eigenvalue weighted by molar-refractivity contribution is -0.114. The van der Waals surface area contributed by atoms with Crippen molar-refractivity contribution in [3.63, 3.8) is 0 Å². The lowest BCUT2D eigenvalue weighted by atomic mass is 10.0. The van der Waals surface area contributed by atoms with Crippen LogP contribution in [0.1, 0.15) is 51.5 Å². The standard InChI is InChI=1S/C21H21N3O4/c1-5-28-21(27)18-12(2)19(23-13(18)3)20(26)16(11-22)10-15-6-8-17(9-7-15)24-14(4)25/h6-10,23H,5H2,1-4H3,(H,24,25)/b16-10+. The minimum absolute atomic E-state index is 0.0768. The molecule has 0 bridgehead atoms. The lowest BCUT2D eigenvalue weighted by Crippen LogP contribution is -2.08. The number of hydrogen-bond donors (Lipinski definition) is 2. The number of amides is 1. The molecule has 1 amide bonds. The van der Waals surface area contributed by atoms with E-state index in [0.717, 1.165) is 0 Å². The Kier molecular flexibility index (Phi) is 6.51. The van der Waals surface area contributed by atoms with Crippen LogP contribution in [-0.4, -0.2) is 29.3 Å². The van der Waals surface area contributed by atoms with Gasteiger partial charge >= 0.3 is 5.97 Å². The number of H-pyrrole nitrogens is 1. The minimum Gasteiger partial charge on any atom is -0.462 e. The van der Waals surface area contributed by atoms with Crippen LogP contribution < -0.4 is 5.32 Å². The van der Waals surface area contributed by atoms with Gasteiger partial charge in [-0.3, -0.25) is 9.59 Å². The van der Waals surface area contributed by atoms with Crippen LogP contribution in [0, 0.1) is 25.2 Å².